The van der Waals surface area contributed by atoms with Gasteiger partial charge < -0.3 is 10.1 Å². The smallest absolute Gasteiger partial charge is 0.310 e. The minimum Gasteiger partial charge on any atom is -0.490 e. The second kappa shape index (κ2) is 7.69. The number of hydrogen-bond donors (Lipinski definition) is 1. The minimum absolute atomic E-state index is 0.0116. The summed E-state index contributed by atoms with van der Waals surface area (Å²) >= 11 is 5.59. The number of nitrogens with one attached hydrogen (secondary N) is 1. The Hall–Kier alpha value is -1.82. The van der Waals surface area contributed by atoms with E-state index in [1.54, 1.807) is 0 Å². The van der Waals surface area contributed by atoms with Gasteiger partial charge in [-0.25, -0.2) is 0 Å². The summed E-state index contributed by atoms with van der Waals surface area (Å²) in [5.74, 6) is 0.322. The first-order valence-corrected chi connectivity index (χ1v) is 6.72. The van der Waals surface area contributed by atoms with Crippen molar-refractivity contribution < 1.29 is 14.5 Å². The quantitative estimate of drug-likeness (QED) is 0.477. The molecule has 0 saturated carbocycles. The van der Waals surface area contributed by atoms with E-state index in [0.29, 0.717) is 11.4 Å². The lowest BCUT2D eigenvalue weighted by Gasteiger charge is -2.13. The molecule has 0 spiro atoms. The van der Waals surface area contributed by atoms with Crippen LogP contribution in [0.25, 0.3) is 0 Å². The van der Waals surface area contributed by atoms with Crippen LogP contribution in [0.15, 0.2) is 18.2 Å². The summed E-state index contributed by atoms with van der Waals surface area (Å²) in [7, 11) is 1.33. The Bertz CT molecular complexity index is 493. The normalized spacial score (nSPS) is 11.8. The molecular formula is C13H17ClN2O4. The van der Waals surface area contributed by atoms with Crippen LogP contribution < -0.4 is 10.1 Å². The van der Waals surface area contributed by atoms with Gasteiger partial charge in [0.2, 0.25) is 0 Å². The summed E-state index contributed by atoms with van der Waals surface area (Å²) in [6.07, 6.45) is 1.59. The highest BCUT2D eigenvalue weighted by molar-refractivity contribution is 6.17. The van der Waals surface area contributed by atoms with Crippen LogP contribution >= 0.6 is 11.6 Å². The van der Waals surface area contributed by atoms with Crippen molar-refractivity contribution in [3.63, 3.8) is 0 Å². The number of ether oxygens (including phenoxy) is 1. The van der Waals surface area contributed by atoms with E-state index in [1.807, 2.05) is 6.92 Å². The van der Waals surface area contributed by atoms with Gasteiger partial charge in [-0.05, 0) is 25.8 Å². The molecule has 0 radical (unpaired) electrons. The third-order valence-electron chi connectivity index (χ3n) is 2.79. The standard InChI is InChI=1S/C13H17ClN2O4/c1-9(4-3-7-14)15-13(17)10-5-6-11(16(18)19)12(8-10)20-2/h5-6,8-9H,3-4,7H2,1-2H3,(H,15,17). The first-order chi connectivity index (χ1) is 9.49. The molecule has 6 nitrogen and oxygen atoms in total. The van der Waals surface area contributed by atoms with E-state index < -0.39 is 4.92 Å². The number of amides is 1. The van der Waals surface area contributed by atoms with E-state index in [9.17, 15) is 14.9 Å². The van der Waals surface area contributed by atoms with Crippen LogP contribution in [-0.2, 0) is 0 Å². The third-order valence-corrected chi connectivity index (χ3v) is 3.05. The Morgan fingerprint density at radius 3 is 2.80 bits per heavy atom. The van der Waals surface area contributed by atoms with E-state index in [0.717, 1.165) is 12.8 Å². The molecule has 1 rings (SSSR count). The highest BCUT2D eigenvalue weighted by Crippen LogP contribution is 2.27. The lowest BCUT2D eigenvalue weighted by Crippen LogP contribution is -2.32. The Morgan fingerprint density at radius 2 is 2.25 bits per heavy atom. The zero-order valence-corrected chi connectivity index (χ0v) is 12.1. The van der Waals surface area contributed by atoms with Gasteiger partial charge in [0.1, 0.15) is 0 Å². The number of rotatable bonds is 7. The summed E-state index contributed by atoms with van der Waals surface area (Å²) in [5.41, 5.74) is 0.157. The maximum Gasteiger partial charge on any atom is 0.310 e. The van der Waals surface area contributed by atoms with Gasteiger partial charge >= 0.3 is 5.69 Å². The number of hydrogen-bond acceptors (Lipinski definition) is 4. The maximum absolute atomic E-state index is 12.0. The minimum atomic E-state index is -0.552. The van der Waals surface area contributed by atoms with Crippen molar-refractivity contribution >= 4 is 23.2 Å². The Kier molecular flexibility index (Phi) is 6.24. The number of nitro groups is 1. The average molecular weight is 301 g/mol. The molecule has 0 heterocycles. The molecule has 0 aliphatic carbocycles. The molecule has 20 heavy (non-hydrogen) atoms. The second-order valence-electron chi connectivity index (χ2n) is 4.35. The molecule has 0 fully saturated rings. The Balaban J connectivity index is 2.81. The van der Waals surface area contributed by atoms with Gasteiger partial charge in [-0.2, -0.15) is 0 Å². The topological polar surface area (TPSA) is 81.5 Å². The SMILES string of the molecule is COc1cc(C(=O)NC(C)CCCCl)ccc1[N+](=O)[O-]. The predicted octanol–water partition coefficient (Wildman–Crippen LogP) is 2.74. The number of benzene rings is 1. The number of methoxy groups -OCH3 is 1. The fourth-order valence-corrected chi connectivity index (χ4v) is 1.89. The molecule has 1 aromatic rings. The van der Waals surface area contributed by atoms with Crippen molar-refractivity contribution in [1.82, 2.24) is 5.32 Å². The van der Waals surface area contributed by atoms with E-state index in [2.05, 4.69) is 5.32 Å². The highest BCUT2D eigenvalue weighted by atomic mass is 35.5. The van der Waals surface area contributed by atoms with Crippen molar-refractivity contribution in [2.24, 2.45) is 0 Å². The van der Waals surface area contributed by atoms with E-state index >= 15 is 0 Å². The molecule has 0 saturated heterocycles. The van der Waals surface area contributed by atoms with Crippen LogP contribution in [0.1, 0.15) is 30.1 Å². The Morgan fingerprint density at radius 1 is 1.55 bits per heavy atom. The molecule has 7 heteroatoms. The zero-order chi connectivity index (χ0) is 15.1. The van der Waals surface area contributed by atoms with E-state index in [-0.39, 0.29) is 23.4 Å². The highest BCUT2D eigenvalue weighted by Gasteiger charge is 2.18. The molecule has 0 bridgehead atoms. The van der Waals surface area contributed by atoms with Gasteiger partial charge in [0.15, 0.2) is 5.75 Å². The first kappa shape index (κ1) is 16.2. The van der Waals surface area contributed by atoms with Gasteiger partial charge in [-0.3, -0.25) is 14.9 Å². The molecular weight excluding hydrogens is 284 g/mol. The van der Waals surface area contributed by atoms with Crippen LogP contribution in [0.2, 0.25) is 0 Å². The maximum atomic E-state index is 12.0. The van der Waals surface area contributed by atoms with Gasteiger partial charge in [0, 0.05) is 29.6 Å². The van der Waals surface area contributed by atoms with Crippen LogP contribution in [0.4, 0.5) is 5.69 Å². The molecule has 110 valence electrons. The molecule has 1 amide bonds. The molecule has 1 N–H and O–H groups in total. The number of nitrogens with zero attached hydrogens (tertiary/aromatic N) is 1. The lowest BCUT2D eigenvalue weighted by atomic mass is 10.1. The number of nitro benzene ring substituents is 1. The first-order valence-electron chi connectivity index (χ1n) is 6.18. The Labute approximate surface area is 122 Å². The monoisotopic (exact) mass is 300 g/mol. The number of carbonyl (C=O) groups is 1. The molecule has 1 unspecified atom stereocenters. The lowest BCUT2D eigenvalue weighted by molar-refractivity contribution is -0.385. The van der Waals surface area contributed by atoms with Gasteiger partial charge in [-0.1, -0.05) is 0 Å². The van der Waals surface area contributed by atoms with Crippen molar-refractivity contribution in [3.8, 4) is 5.75 Å². The largest absolute Gasteiger partial charge is 0.490 e. The average Bonchev–Trinajstić information content (AvgIpc) is 2.44. The van der Waals surface area contributed by atoms with Crippen LogP contribution in [0.5, 0.6) is 5.75 Å². The van der Waals surface area contributed by atoms with E-state index in [1.165, 1.54) is 25.3 Å². The van der Waals surface area contributed by atoms with Gasteiger partial charge in [0.25, 0.3) is 5.91 Å². The molecule has 0 aromatic heterocycles. The fourth-order valence-electron chi connectivity index (χ4n) is 1.73. The van der Waals surface area contributed by atoms with E-state index in [4.69, 9.17) is 16.3 Å². The van der Waals surface area contributed by atoms with Crippen LogP contribution in [-0.4, -0.2) is 29.9 Å². The van der Waals surface area contributed by atoms with Gasteiger partial charge in [-0.15, -0.1) is 11.6 Å². The number of halogens is 1. The molecule has 1 aromatic carbocycles. The second-order valence-corrected chi connectivity index (χ2v) is 4.73. The number of carbonyl (C=O) groups excluding carboxylic acids is 1. The summed E-state index contributed by atoms with van der Waals surface area (Å²) in [4.78, 5) is 22.2. The van der Waals surface area contributed by atoms with Crippen molar-refractivity contribution in [2.45, 2.75) is 25.8 Å². The molecule has 0 aliphatic rings. The number of alkyl halides is 1. The van der Waals surface area contributed by atoms with Crippen molar-refractivity contribution in [1.29, 1.82) is 0 Å². The van der Waals surface area contributed by atoms with Crippen LogP contribution in [0, 0.1) is 10.1 Å². The predicted molar refractivity (Wildman–Crippen MR) is 76.5 cm³/mol. The summed E-state index contributed by atoms with van der Waals surface area (Å²) in [6, 6.07) is 4.02. The summed E-state index contributed by atoms with van der Waals surface area (Å²) in [5, 5.41) is 13.6. The third kappa shape index (κ3) is 4.38. The summed E-state index contributed by atoms with van der Waals surface area (Å²) < 4.78 is 4.93. The zero-order valence-electron chi connectivity index (χ0n) is 11.4. The van der Waals surface area contributed by atoms with Crippen molar-refractivity contribution in [2.75, 3.05) is 13.0 Å². The molecule has 0 aliphatic heterocycles. The fraction of sp³-hybridized carbons (Fsp3) is 0.462. The van der Waals surface area contributed by atoms with Crippen LogP contribution in [0.3, 0.4) is 0 Å². The summed E-state index contributed by atoms with van der Waals surface area (Å²) in [6.45, 7) is 1.88. The van der Waals surface area contributed by atoms with Gasteiger partial charge in [0.05, 0.1) is 12.0 Å². The van der Waals surface area contributed by atoms with Crippen molar-refractivity contribution in [3.05, 3.63) is 33.9 Å². The molecule has 1 atom stereocenters.